The van der Waals surface area contributed by atoms with Crippen LogP contribution in [0.5, 0.6) is 0 Å². The number of thiazole rings is 1. The van der Waals surface area contributed by atoms with Crippen molar-refractivity contribution in [1.29, 1.82) is 0 Å². The first-order valence-electron chi connectivity index (χ1n) is 6.37. The van der Waals surface area contributed by atoms with Crippen molar-refractivity contribution in [2.24, 2.45) is 5.16 Å². The van der Waals surface area contributed by atoms with E-state index < -0.39 is 0 Å². The van der Waals surface area contributed by atoms with Gasteiger partial charge in [0.1, 0.15) is 17.9 Å². The molecule has 3 aromatic rings. The first-order chi connectivity index (χ1) is 10.8. The van der Waals surface area contributed by atoms with Gasteiger partial charge in [0.15, 0.2) is 0 Å². The average Bonchev–Trinajstić information content (AvgIpc) is 3.03. The fraction of sp³-hybridized carbons (Fsp3) is 0.0667. The van der Waals surface area contributed by atoms with E-state index in [9.17, 15) is 4.39 Å². The molecular weight excluding hydrogens is 303 g/mol. The Labute approximate surface area is 130 Å². The molecule has 0 saturated heterocycles. The lowest BCUT2D eigenvalue weighted by Gasteiger charge is -1.98. The number of pyridine rings is 2. The van der Waals surface area contributed by atoms with Crippen LogP contribution in [0.15, 0.2) is 48.0 Å². The molecule has 0 aromatic carbocycles. The topological polar surface area (TPSA) is 60.3 Å². The number of hydrogen-bond donors (Lipinski definition) is 0. The quantitative estimate of drug-likeness (QED) is 0.547. The third-order valence-corrected chi connectivity index (χ3v) is 3.84. The van der Waals surface area contributed by atoms with Crippen LogP contribution in [0, 0.1) is 5.82 Å². The van der Waals surface area contributed by atoms with Gasteiger partial charge in [-0.3, -0.25) is 4.98 Å². The van der Waals surface area contributed by atoms with Gasteiger partial charge in [-0.05, 0) is 18.2 Å². The highest BCUT2D eigenvalue weighted by atomic mass is 32.1. The second-order valence-corrected chi connectivity index (χ2v) is 5.32. The molecule has 3 rings (SSSR count). The van der Waals surface area contributed by atoms with E-state index in [1.807, 2.05) is 18.2 Å². The van der Waals surface area contributed by atoms with Crippen LogP contribution in [-0.2, 0) is 4.84 Å². The predicted molar refractivity (Wildman–Crippen MR) is 83.1 cm³/mol. The average molecular weight is 314 g/mol. The van der Waals surface area contributed by atoms with Gasteiger partial charge < -0.3 is 4.84 Å². The minimum absolute atomic E-state index is 0.384. The summed E-state index contributed by atoms with van der Waals surface area (Å²) in [5, 5.41) is 4.38. The summed E-state index contributed by atoms with van der Waals surface area (Å²) >= 11 is 1.42. The summed E-state index contributed by atoms with van der Waals surface area (Å²) in [6.07, 6.45) is 5.99. The van der Waals surface area contributed by atoms with Gasteiger partial charge in [-0.15, -0.1) is 11.3 Å². The molecule has 22 heavy (non-hydrogen) atoms. The molecule has 0 aliphatic carbocycles. The molecule has 0 aliphatic rings. The van der Waals surface area contributed by atoms with E-state index in [0.717, 1.165) is 16.8 Å². The van der Waals surface area contributed by atoms with Crippen molar-refractivity contribution in [1.82, 2.24) is 15.0 Å². The number of halogens is 1. The van der Waals surface area contributed by atoms with Gasteiger partial charge in [-0.25, -0.2) is 14.4 Å². The molecule has 5 nitrogen and oxygen atoms in total. The standard InChI is InChI=1S/C15H11FN4OS/c1-21-19-8-12-3-2-4-13(20-12)14-9-18-15(22-14)10-5-11(16)7-17-6-10/h2-9H,1H3/b19-8+. The Morgan fingerprint density at radius 2 is 2.18 bits per heavy atom. The number of oxime groups is 1. The molecule has 0 N–H and O–H groups in total. The Kier molecular flexibility index (Phi) is 4.15. The minimum Gasteiger partial charge on any atom is -0.399 e. The van der Waals surface area contributed by atoms with Crippen molar-refractivity contribution >= 4 is 17.6 Å². The van der Waals surface area contributed by atoms with Crippen LogP contribution in [0.2, 0.25) is 0 Å². The summed E-state index contributed by atoms with van der Waals surface area (Å²) in [4.78, 5) is 18.1. The maximum Gasteiger partial charge on any atom is 0.142 e. The molecule has 3 aromatic heterocycles. The Bertz CT molecular complexity index is 819. The molecule has 0 aliphatic heterocycles. The molecule has 0 spiro atoms. The SMILES string of the molecule is CO/N=C/c1cccc(-c2cnc(-c3cncc(F)c3)s2)n1. The van der Waals surface area contributed by atoms with E-state index in [2.05, 4.69) is 24.9 Å². The zero-order valence-electron chi connectivity index (χ0n) is 11.6. The molecular formula is C15H11FN4OS. The lowest BCUT2D eigenvalue weighted by atomic mass is 10.3. The molecule has 7 heteroatoms. The lowest BCUT2D eigenvalue weighted by molar-refractivity contribution is 0.215. The van der Waals surface area contributed by atoms with E-state index in [-0.39, 0.29) is 5.82 Å². The van der Waals surface area contributed by atoms with Crippen molar-refractivity contribution in [3.8, 4) is 21.1 Å². The Morgan fingerprint density at radius 3 is 3.00 bits per heavy atom. The number of nitrogens with zero attached hydrogens (tertiary/aromatic N) is 4. The van der Waals surface area contributed by atoms with Gasteiger partial charge in [0.05, 0.1) is 28.7 Å². The maximum atomic E-state index is 13.2. The summed E-state index contributed by atoms with van der Waals surface area (Å²) in [7, 11) is 1.48. The van der Waals surface area contributed by atoms with E-state index in [0.29, 0.717) is 16.3 Å². The van der Waals surface area contributed by atoms with Crippen molar-refractivity contribution in [3.63, 3.8) is 0 Å². The molecule has 0 radical (unpaired) electrons. The monoisotopic (exact) mass is 314 g/mol. The molecule has 0 atom stereocenters. The third kappa shape index (κ3) is 3.15. The van der Waals surface area contributed by atoms with Gasteiger partial charge in [0, 0.05) is 18.0 Å². The zero-order chi connectivity index (χ0) is 15.4. The first kappa shape index (κ1) is 14.3. The van der Waals surface area contributed by atoms with Crippen LogP contribution >= 0.6 is 11.3 Å². The second-order valence-electron chi connectivity index (χ2n) is 4.29. The summed E-state index contributed by atoms with van der Waals surface area (Å²) < 4.78 is 13.2. The predicted octanol–water partition coefficient (Wildman–Crippen LogP) is 3.39. The summed E-state index contributed by atoms with van der Waals surface area (Å²) in [5.74, 6) is -0.384. The van der Waals surface area contributed by atoms with Gasteiger partial charge >= 0.3 is 0 Å². The largest absolute Gasteiger partial charge is 0.399 e. The normalized spacial score (nSPS) is 11.0. The van der Waals surface area contributed by atoms with Crippen LogP contribution < -0.4 is 0 Å². The van der Waals surface area contributed by atoms with E-state index >= 15 is 0 Å². The minimum atomic E-state index is -0.384. The number of aromatic nitrogens is 3. The zero-order valence-corrected chi connectivity index (χ0v) is 12.4. The fourth-order valence-electron chi connectivity index (χ4n) is 1.82. The van der Waals surface area contributed by atoms with Crippen molar-refractivity contribution in [2.75, 3.05) is 7.11 Å². The van der Waals surface area contributed by atoms with Crippen molar-refractivity contribution in [2.45, 2.75) is 0 Å². The Balaban J connectivity index is 1.92. The maximum absolute atomic E-state index is 13.2. The first-order valence-corrected chi connectivity index (χ1v) is 7.18. The Morgan fingerprint density at radius 1 is 1.27 bits per heavy atom. The summed E-state index contributed by atoms with van der Waals surface area (Å²) in [6.45, 7) is 0. The van der Waals surface area contributed by atoms with Gasteiger partial charge in [-0.2, -0.15) is 0 Å². The van der Waals surface area contributed by atoms with Crippen LogP contribution in [0.4, 0.5) is 4.39 Å². The summed E-state index contributed by atoms with van der Waals surface area (Å²) in [5.41, 5.74) is 2.10. The van der Waals surface area contributed by atoms with Gasteiger partial charge in [0.25, 0.3) is 0 Å². The van der Waals surface area contributed by atoms with Crippen LogP contribution in [-0.4, -0.2) is 28.3 Å². The number of hydrogen-bond acceptors (Lipinski definition) is 6. The van der Waals surface area contributed by atoms with Crippen molar-refractivity contribution in [3.05, 3.63) is 54.4 Å². The molecule has 110 valence electrons. The molecule has 0 bridgehead atoms. The molecule has 0 amide bonds. The highest BCUT2D eigenvalue weighted by Gasteiger charge is 2.09. The van der Waals surface area contributed by atoms with Crippen LogP contribution in [0.25, 0.3) is 21.1 Å². The van der Waals surface area contributed by atoms with Crippen LogP contribution in [0.1, 0.15) is 5.69 Å². The molecule has 3 heterocycles. The smallest absolute Gasteiger partial charge is 0.142 e. The van der Waals surface area contributed by atoms with Crippen LogP contribution in [0.3, 0.4) is 0 Å². The van der Waals surface area contributed by atoms with Crippen molar-refractivity contribution < 1.29 is 9.23 Å². The highest BCUT2D eigenvalue weighted by Crippen LogP contribution is 2.30. The highest BCUT2D eigenvalue weighted by molar-refractivity contribution is 7.18. The molecule has 0 unspecified atom stereocenters. The third-order valence-electron chi connectivity index (χ3n) is 2.77. The fourth-order valence-corrected chi connectivity index (χ4v) is 2.69. The molecule has 0 fully saturated rings. The van der Waals surface area contributed by atoms with E-state index in [1.54, 1.807) is 12.4 Å². The number of rotatable bonds is 4. The molecule has 0 saturated carbocycles. The summed E-state index contributed by atoms with van der Waals surface area (Å²) in [6, 6.07) is 6.99. The van der Waals surface area contributed by atoms with Gasteiger partial charge in [0.2, 0.25) is 0 Å². The second kappa shape index (κ2) is 6.40. The van der Waals surface area contributed by atoms with Gasteiger partial charge in [-0.1, -0.05) is 11.2 Å². The lowest BCUT2D eigenvalue weighted by Crippen LogP contribution is -1.89. The van der Waals surface area contributed by atoms with E-state index in [4.69, 9.17) is 0 Å². The Hall–Kier alpha value is -2.67. The van der Waals surface area contributed by atoms with E-state index in [1.165, 1.54) is 30.7 Å².